The standard InChI is InChI=1S/C16H21F3N2O4S/c1-10(16(17,18)19)25-13-4-5-21(7-12(13)11-2-3-11)15(6-14(20)22)8-26(23,24)9-15/h4,7,10-11H,2-3,5-6,8-9H2,1H3,(H2,20,22)/t10-/m0/s1. The van der Waals surface area contributed by atoms with Crippen molar-refractivity contribution in [1.82, 2.24) is 4.90 Å². The largest absolute Gasteiger partial charge is 0.481 e. The van der Waals surface area contributed by atoms with Gasteiger partial charge in [-0.1, -0.05) is 0 Å². The lowest BCUT2D eigenvalue weighted by Gasteiger charge is -2.49. The molecule has 26 heavy (non-hydrogen) atoms. The molecule has 2 N–H and O–H groups in total. The maximum atomic E-state index is 12.8. The third-order valence-corrected chi connectivity index (χ3v) is 6.88. The summed E-state index contributed by atoms with van der Waals surface area (Å²) in [4.78, 5) is 13.1. The molecule has 1 saturated carbocycles. The van der Waals surface area contributed by atoms with Gasteiger partial charge in [-0.05, 0) is 31.8 Å². The molecule has 1 atom stereocenters. The van der Waals surface area contributed by atoms with Crippen molar-refractivity contribution in [3.05, 3.63) is 23.6 Å². The highest BCUT2D eigenvalue weighted by Crippen LogP contribution is 2.45. The number of primary amides is 1. The summed E-state index contributed by atoms with van der Waals surface area (Å²) in [6, 6.07) is 0. The molecular weight excluding hydrogens is 373 g/mol. The second-order valence-electron chi connectivity index (χ2n) is 7.28. The number of carbonyl (C=O) groups excluding carboxylic acids is 1. The number of alkyl halides is 3. The molecule has 0 aromatic rings. The van der Waals surface area contributed by atoms with Crippen LogP contribution < -0.4 is 5.73 Å². The first kappa shape index (κ1) is 19.1. The van der Waals surface area contributed by atoms with Gasteiger partial charge in [-0.25, -0.2) is 8.42 Å². The SMILES string of the molecule is C[C@H](OC1=CCN(C2(CC(N)=O)CS(=O)(=O)C2)C=C1C1CC1)C(F)(F)F. The molecule has 146 valence electrons. The van der Waals surface area contributed by atoms with Crippen LogP contribution in [0.5, 0.6) is 0 Å². The third kappa shape index (κ3) is 3.84. The first-order valence-electron chi connectivity index (χ1n) is 8.33. The van der Waals surface area contributed by atoms with E-state index in [1.54, 1.807) is 11.1 Å². The molecule has 2 aliphatic heterocycles. The Kier molecular flexibility index (Phi) is 4.53. The summed E-state index contributed by atoms with van der Waals surface area (Å²) in [6.07, 6.45) is -1.67. The first-order valence-corrected chi connectivity index (χ1v) is 10.2. The van der Waals surface area contributed by atoms with E-state index < -0.39 is 33.6 Å². The minimum absolute atomic E-state index is 0.0896. The number of halogens is 3. The van der Waals surface area contributed by atoms with Crippen molar-refractivity contribution >= 4 is 15.7 Å². The predicted molar refractivity (Wildman–Crippen MR) is 87.4 cm³/mol. The molecular formula is C16H21F3N2O4S. The molecule has 0 aromatic heterocycles. The topological polar surface area (TPSA) is 89.7 Å². The Bertz CT molecular complexity index is 757. The van der Waals surface area contributed by atoms with Crippen LogP contribution in [0, 0.1) is 5.92 Å². The van der Waals surface area contributed by atoms with Crippen molar-refractivity contribution in [2.24, 2.45) is 11.7 Å². The fourth-order valence-corrected chi connectivity index (χ4v) is 5.55. The van der Waals surface area contributed by atoms with Gasteiger partial charge in [0.2, 0.25) is 5.91 Å². The Labute approximate surface area is 149 Å². The summed E-state index contributed by atoms with van der Waals surface area (Å²) < 4.78 is 67.0. The van der Waals surface area contributed by atoms with E-state index in [0.717, 1.165) is 19.8 Å². The van der Waals surface area contributed by atoms with Gasteiger partial charge >= 0.3 is 6.18 Å². The normalized spacial score (nSPS) is 25.6. The Hall–Kier alpha value is -1.71. The summed E-state index contributed by atoms with van der Waals surface area (Å²) in [5.41, 5.74) is 4.98. The van der Waals surface area contributed by atoms with Crippen molar-refractivity contribution in [3.63, 3.8) is 0 Å². The Morgan fingerprint density at radius 1 is 1.42 bits per heavy atom. The molecule has 0 unspecified atom stereocenters. The summed E-state index contributed by atoms with van der Waals surface area (Å²) in [5.74, 6) is -0.726. The summed E-state index contributed by atoms with van der Waals surface area (Å²) in [7, 11) is -3.24. The molecule has 10 heteroatoms. The smallest absolute Gasteiger partial charge is 0.425 e. The van der Waals surface area contributed by atoms with Gasteiger partial charge < -0.3 is 15.4 Å². The maximum absolute atomic E-state index is 12.8. The Morgan fingerprint density at radius 3 is 2.50 bits per heavy atom. The quantitative estimate of drug-likeness (QED) is 0.737. The molecule has 6 nitrogen and oxygen atoms in total. The van der Waals surface area contributed by atoms with Crippen LogP contribution in [0.1, 0.15) is 26.2 Å². The highest BCUT2D eigenvalue weighted by Gasteiger charge is 2.53. The van der Waals surface area contributed by atoms with E-state index in [9.17, 15) is 26.4 Å². The van der Waals surface area contributed by atoms with Crippen molar-refractivity contribution in [2.45, 2.75) is 44.0 Å². The van der Waals surface area contributed by atoms with Crippen LogP contribution >= 0.6 is 0 Å². The van der Waals surface area contributed by atoms with E-state index in [2.05, 4.69) is 0 Å². The molecule has 2 fully saturated rings. The van der Waals surface area contributed by atoms with Crippen molar-refractivity contribution < 1.29 is 31.1 Å². The van der Waals surface area contributed by atoms with E-state index >= 15 is 0 Å². The summed E-state index contributed by atoms with van der Waals surface area (Å²) >= 11 is 0. The van der Waals surface area contributed by atoms with Gasteiger partial charge in [0, 0.05) is 18.3 Å². The summed E-state index contributed by atoms with van der Waals surface area (Å²) in [5, 5.41) is 0. The van der Waals surface area contributed by atoms with Crippen LogP contribution in [0.2, 0.25) is 0 Å². The number of nitrogens with zero attached hydrogens (tertiary/aromatic N) is 1. The van der Waals surface area contributed by atoms with Gasteiger partial charge in [-0.2, -0.15) is 13.2 Å². The molecule has 1 amide bonds. The zero-order valence-corrected chi connectivity index (χ0v) is 15.1. The van der Waals surface area contributed by atoms with Crippen LogP contribution in [0.3, 0.4) is 0 Å². The molecule has 1 saturated heterocycles. The zero-order chi connectivity index (χ0) is 19.3. The number of amides is 1. The Balaban J connectivity index is 1.83. The van der Waals surface area contributed by atoms with E-state index in [-0.39, 0.29) is 36.1 Å². The zero-order valence-electron chi connectivity index (χ0n) is 14.3. The van der Waals surface area contributed by atoms with Gasteiger partial charge in [0.1, 0.15) is 5.76 Å². The first-order chi connectivity index (χ1) is 11.9. The van der Waals surface area contributed by atoms with Gasteiger partial charge in [0.15, 0.2) is 15.9 Å². The predicted octanol–water partition coefficient (Wildman–Crippen LogP) is 1.49. The number of hydrogen-bond acceptors (Lipinski definition) is 5. The average Bonchev–Trinajstić information content (AvgIpc) is 3.28. The van der Waals surface area contributed by atoms with Gasteiger partial charge in [-0.3, -0.25) is 4.79 Å². The van der Waals surface area contributed by atoms with Gasteiger partial charge in [0.05, 0.1) is 23.5 Å². The molecule has 0 bridgehead atoms. The second-order valence-corrected chi connectivity index (χ2v) is 9.35. The lowest BCUT2D eigenvalue weighted by Crippen LogP contribution is -2.65. The number of allylic oxidation sites excluding steroid dienone is 1. The minimum atomic E-state index is -4.47. The molecule has 0 radical (unpaired) electrons. The second kappa shape index (κ2) is 6.17. The molecule has 0 spiro atoms. The third-order valence-electron chi connectivity index (χ3n) is 4.92. The number of ether oxygens (including phenoxy) is 1. The molecule has 2 heterocycles. The van der Waals surface area contributed by atoms with Crippen molar-refractivity contribution in [3.8, 4) is 0 Å². The van der Waals surface area contributed by atoms with Crippen LogP contribution in [0.25, 0.3) is 0 Å². The van der Waals surface area contributed by atoms with Crippen molar-refractivity contribution in [2.75, 3.05) is 18.1 Å². The fourth-order valence-electron chi connectivity index (χ4n) is 3.46. The number of carbonyl (C=O) groups is 1. The van der Waals surface area contributed by atoms with Gasteiger partial charge in [0.25, 0.3) is 0 Å². The van der Waals surface area contributed by atoms with Crippen LogP contribution in [0.15, 0.2) is 23.6 Å². The molecule has 1 aliphatic carbocycles. The monoisotopic (exact) mass is 394 g/mol. The number of rotatable bonds is 6. The van der Waals surface area contributed by atoms with E-state index in [1.807, 2.05) is 0 Å². The van der Waals surface area contributed by atoms with E-state index in [4.69, 9.17) is 10.5 Å². The lowest BCUT2D eigenvalue weighted by molar-refractivity contribution is -0.202. The van der Waals surface area contributed by atoms with Crippen molar-refractivity contribution in [1.29, 1.82) is 0 Å². The van der Waals surface area contributed by atoms with E-state index in [1.165, 1.54) is 6.08 Å². The fraction of sp³-hybridized carbons (Fsp3) is 0.688. The van der Waals surface area contributed by atoms with Crippen LogP contribution in [-0.4, -0.2) is 55.1 Å². The highest BCUT2D eigenvalue weighted by atomic mass is 32.2. The average molecular weight is 394 g/mol. The number of sulfone groups is 1. The maximum Gasteiger partial charge on any atom is 0.425 e. The minimum Gasteiger partial charge on any atom is -0.481 e. The molecule has 0 aromatic carbocycles. The van der Waals surface area contributed by atoms with Crippen LogP contribution in [0.4, 0.5) is 13.2 Å². The van der Waals surface area contributed by atoms with Crippen LogP contribution in [-0.2, 0) is 19.4 Å². The highest BCUT2D eigenvalue weighted by molar-refractivity contribution is 7.93. The molecule has 3 rings (SSSR count). The number of hydrogen-bond donors (Lipinski definition) is 1. The summed E-state index contributed by atoms with van der Waals surface area (Å²) in [6.45, 7) is 1.11. The Morgan fingerprint density at radius 2 is 2.04 bits per heavy atom. The van der Waals surface area contributed by atoms with E-state index in [0.29, 0.717) is 5.57 Å². The number of nitrogens with two attached hydrogens (primary N) is 1. The molecule has 3 aliphatic rings. The van der Waals surface area contributed by atoms with Gasteiger partial charge in [-0.15, -0.1) is 0 Å². The lowest BCUT2D eigenvalue weighted by atomic mass is 9.94.